The summed E-state index contributed by atoms with van der Waals surface area (Å²) in [5, 5.41) is -0.289. The van der Waals surface area contributed by atoms with E-state index in [0.717, 1.165) is 12.1 Å². The molecule has 0 N–H and O–H groups in total. The van der Waals surface area contributed by atoms with Gasteiger partial charge in [-0.15, -0.1) is 0 Å². The van der Waals surface area contributed by atoms with Crippen LogP contribution in [0.1, 0.15) is 18.5 Å². The lowest BCUT2D eigenvalue weighted by Gasteiger charge is -2.32. The maximum absolute atomic E-state index is 13.8. The number of para-hydroxylation sites is 1. The lowest BCUT2D eigenvalue weighted by Crippen LogP contribution is -2.34. The SMILES string of the molecule is COc1ccc(N(C(C)c2ccccc2OC)S(=O)(=O)c2ccc(F)c(Cl)c2)cc1OC. The van der Waals surface area contributed by atoms with E-state index in [1.165, 1.54) is 31.7 Å². The van der Waals surface area contributed by atoms with Crippen molar-refractivity contribution in [2.45, 2.75) is 17.9 Å². The number of hydrogen-bond donors (Lipinski definition) is 0. The Balaban J connectivity index is 2.25. The minimum Gasteiger partial charge on any atom is -0.496 e. The van der Waals surface area contributed by atoms with Crippen molar-refractivity contribution >= 4 is 27.3 Å². The average molecular weight is 480 g/mol. The summed E-state index contributed by atoms with van der Waals surface area (Å²) in [5.74, 6) is 0.622. The van der Waals surface area contributed by atoms with E-state index in [4.69, 9.17) is 25.8 Å². The zero-order chi connectivity index (χ0) is 23.5. The molecule has 0 aliphatic rings. The van der Waals surface area contributed by atoms with Gasteiger partial charge in [-0.1, -0.05) is 29.8 Å². The monoisotopic (exact) mass is 479 g/mol. The summed E-state index contributed by atoms with van der Waals surface area (Å²) in [6, 6.07) is 14.5. The summed E-state index contributed by atoms with van der Waals surface area (Å²) in [7, 11) is 0.287. The molecule has 0 aliphatic carbocycles. The second kappa shape index (κ2) is 9.67. The number of benzene rings is 3. The molecule has 0 aromatic heterocycles. The third-order valence-electron chi connectivity index (χ3n) is 5.01. The number of anilines is 1. The fourth-order valence-corrected chi connectivity index (χ4v) is 5.32. The van der Waals surface area contributed by atoms with Gasteiger partial charge in [0.25, 0.3) is 10.0 Å². The molecule has 0 fully saturated rings. The smallest absolute Gasteiger partial charge is 0.264 e. The third-order valence-corrected chi connectivity index (χ3v) is 7.19. The van der Waals surface area contributed by atoms with Crippen LogP contribution >= 0.6 is 11.6 Å². The average Bonchev–Trinajstić information content (AvgIpc) is 2.80. The number of nitrogens with zero attached hydrogens (tertiary/aromatic N) is 1. The molecule has 0 amide bonds. The molecule has 3 aromatic carbocycles. The van der Waals surface area contributed by atoms with Gasteiger partial charge < -0.3 is 14.2 Å². The minimum atomic E-state index is -4.18. The van der Waals surface area contributed by atoms with Gasteiger partial charge in [0, 0.05) is 11.6 Å². The molecule has 170 valence electrons. The molecular formula is C23H23ClFNO5S. The van der Waals surface area contributed by atoms with E-state index in [0.29, 0.717) is 28.5 Å². The van der Waals surface area contributed by atoms with Crippen molar-refractivity contribution in [3.05, 3.63) is 77.1 Å². The predicted octanol–water partition coefficient (Wildman–Crippen LogP) is 5.46. The standard InChI is InChI=1S/C23H23ClFNO5S/c1-15(18-7-5-6-8-21(18)29-2)26(16-9-12-22(30-3)23(13-16)31-4)32(27,28)17-10-11-20(25)19(24)14-17/h5-15H,1-4H3. The van der Waals surface area contributed by atoms with Crippen LogP contribution in [0.3, 0.4) is 0 Å². The van der Waals surface area contributed by atoms with E-state index >= 15 is 0 Å². The Bertz CT molecular complexity index is 1220. The third kappa shape index (κ3) is 4.47. The molecule has 3 rings (SSSR count). The molecule has 1 atom stereocenters. The van der Waals surface area contributed by atoms with Crippen molar-refractivity contribution in [2.75, 3.05) is 25.6 Å². The zero-order valence-electron chi connectivity index (χ0n) is 18.0. The quantitative estimate of drug-likeness (QED) is 0.429. The lowest BCUT2D eigenvalue weighted by atomic mass is 10.1. The molecule has 6 nitrogen and oxygen atoms in total. The van der Waals surface area contributed by atoms with Gasteiger partial charge in [-0.3, -0.25) is 4.31 Å². The second-order valence-electron chi connectivity index (χ2n) is 6.83. The van der Waals surface area contributed by atoms with Gasteiger partial charge in [0.15, 0.2) is 11.5 Å². The fourth-order valence-electron chi connectivity index (χ4n) is 3.42. The van der Waals surface area contributed by atoms with Crippen LogP contribution < -0.4 is 18.5 Å². The Morgan fingerprint density at radius 1 is 0.875 bits per heavy atom. The van der Waals surface area contributed by atoms with Crippen molar-refractivity contribution in [1.82, 2.24) is 0 Å². The van der Waals surface area contributed by atoms with Crippen LogP contribution in [0.5, 0.6) is 17.2 Å². The molecule has 0 saturated carbocycles. The van der Waals surface area contributed by atoms with Crippen LogP contribution in [0.4, 0.5) is 10.1 Å². The highest BCUT2D eigenvalue weighted by Gasteiger charge is 2.33. The fraction of sp³-hybridized carbons (Fsp3) is 0.217. The van der Waals surface area contributed by atoms with Crippen molar-refractivity contribution in [2.24, 2.45) is 0 Å². The molecular weight excluding hydrogens is 457 g/mol. The van der Waals surface area contributed by atoms with E-state index in [2.05, 4.69) is 0 Å². The zero-order valence-corrected chi connectivity index (χ0v) is 19.6. The Morgan fingerprint density at radius 2 is 1.53 bits per heavy atom. The Morgan fingerprint density at radius 3 is 2.16 bits per heavy atom. The maximum Gasteiger partial charge on any atom is 0.264 e. The Kier molecular flexibility index (Phi) is 7.16. The normalized spacial score (nSPS) is 12.2. The summed E-state index contributed by atoms with van der Waals surface area (Å²) in [6.45, 7) is 1.73. The maximum atomic E-state index is 13.8. The molecule has 9 heteroatoms. The molecule has 0 aliphatic heterocycles. The molecule has 0 bridgehead atoms. The molecule has 3 aromatic rings. The first-order valence-electron chi connectivity index (χ1n) is 9.59. The number of sulfonamides is 1. The molecule has 0 saturated heterocycles. The number of halogens is 2. The van der Waals surface area contributed by atoms with Gasteiger partial charge in [-0.2, -0.15) is 0 Å². The van der Waals surface area contributed by atoms with Gasteiger partial charge in [0.05, 0.1) is 43.0 Å². The van der Waals surface area contributed by atoms with Crippen molar-refractivity contribution in [1.29, 1.82) is 0 Å². The number of methoxy groups -OCH3 is 3. The summed E-state index contributed by atoms with van der Waals surface area (Å²) < 4.78 is 58.6. The van der Waals surface area contributed by atoms with E-state index in [1.807, 2.05) is 0 Å². The van der Waals surface area contributed by atoms with Crippen LogP contribution in [0.2, 0.25) is 5.02 Å². The summed E-state index contributed by atoms with van der Waals surface area (Å²) in [5.41, 5.74) is 0.961. The van der Waals surface area contributed by atoms with E-state index in [-0.39, 0.29) is 9.92 Å². The topological polar surface area (TPSA) is 65.1 Å². The summed E-state index contributed by atoms with van der Waals surface area (Å²) in [4.78, 5) is -0.152. The second-order valence-corrected chi connectivity index (χ2v) is 9.06. The summed E-state index contributed by atoms with van der Waals surface area (Å²) >= 11 is 5.89. The first kappa shape index (κ1) is 23.7. The number of hydrogen-bond acceptors (Lipinski definition) is 5. The highest BCUT2D eigenvalue weighted by atomic mass is 35.5. The summed E-state index contributed by atoms with van der Waals surface area (Å²) in [6.07, 6.45) is 0. The van der Waals surface area contributed by atoms with Gasteiger partial charge in [-0.25, -0.2) is 12.8 Å². The molecule has 32 heavy (non-hydrogen) atoms. The highest BCUT2D eigenvalue weighted by Crippen LogP contribution is 2.40. The molecule has 0 radical (unpaired) electrons. The lowest BCUT2D eigenvalue weighted by molar-refractivity contribution is 0.355. The van der Waals surface area contributed by atoms with Gasteiger partial charge in [0.1, 0.15) is 11.6 Å². The van der Waals surface area contributed by atoms with E-state index in [9.17, 15) is 12.8 Å². The Hall–Kier alpha value is -2.97. The van der Waals surface area contributed by atoms with E-state index in [1.54, 1.807) is 49.4 Å². The highest BCUT2D eigenvalue weighted by molar-refractivity contribution is 7.92. The first-order valence-corrected chi connectivity index (χ1v) is 11.4. The van der Waals surface area contributed by atoms with Crippen LogP contribution in [0.25, 0.3) is 0 Å². The van der Waals surface area contributed by atoms with Gasteiger partial charge in [0.2, 0.25) is 0 Å². The van der Waals surface area contributed by atoms with Crippen LogP contribution in [-0.2, 0) is 10.0 Å². The number of ether oxygens (including phenoxy) is 3. The van der Waals surface area contributed by atoms with Crippen molar-refractivity contribution < 1.29 is 27.0 Å². The van der Waals surface area contributed by atoms with Crippen molar-refractivity contribution in [3.8, 4) is 17.2 Å². The van der Waals surface area contributed by atoms with Crippen LogP contribution in [-0.4, -0.2) is 29.7 Å². The molecule has 1 unspecified atom stereocenters. The predicted molar refractivity (Wildman–Crippen MR) is 122 cm³/mol. The Labute approximate surface area is 192 Å². The first-order chi connectivity index (χ1) is 15.2. The molecule has 0 heterocycles. The largest absolute Gasteiger partial charge is 0.496 e. The number of rotatable bonds is 8. The van der Waals surface area contributed by atoms with Gasteiger partial charge >= 0.3 is 0 Å². The van der Waals surface area contributed by atoms with Crippen LogP contribution in [0, 0.1) is 5.82 Å². The van der Waals surface area contributed by atoms with E-state index < -0.39 is 21.9 Å². The van der Waals surface area contributed by atoms with Crippen molar-refractivity contribution in [3.63, 3.8) is 0 Å². The van der Waals surface area contributed by atoms with Gasteiger partial charge in [-0.05, 0) is 43.3 Å². The molecule has 0 spiro atoms. The van der Waals surface area contributed by atoms with Crippen LogP contribution in [0.15, 0.2) is 65.6 Å². The minimum absolute atomic E-state index is 0.152.